The van der Waals surface area contributed by atoms with E-state index in [1.54, 1.807) is 0 Å². The average Bonchev–Trinajstić information content (AvgIpc) is 2.76. The van der Waals surface area contributed by atoms with E-state index < -0.39 is 21.6 Å². The Morgan fingerprint density at radius 2 is 1.75 bits per heavy atom. The third-order valence-corrected chi connectivity index (χ3v) is 5.02. The molecule has 0 unspecified atom stereocenters. The molecule has 106 valence electrons. The van der Waals surface area contributed by atoms with Crippen LogP contribution in [0, 0.1) is 0 Å². The highest BCUT2D eigenvalue weighted by molar-refractivity contribution is 7.90. The molecule has 0 atom stereocenters. The van der Waals surface area contributed by atoms with Crippen LogP contribution in [-0.4, -0.2) is 19.5 Å². The fourth-order valence-corrected chi connectivity index (χ4v) is 4.12. The van der Waals surface area contributed by atoms with E-state index in [9.17, 15) is 13.2 Å². The minimum absolute atomic E-state index is 0.00149. The van der Waals surface area contributed by atoms with Crippen molar-refractivity contribution in [2.75, 3.05) is 0 Å². The minimum Gasteiger partial charge on any atom is -0.475 e. The summed E-state index contributed by atoms with van der Waals surface area (Å²) in [5.41, 5.74) is 0. The fourth-order valence-electron chi connectivity index (χ4n) is 1.61. The number of furan rings is 1. The van der Waals surface area contributed by atoms with E-state index in [4.69, 9.17) is 32.7 Å². The van der Waals surface area contributed by atoms with Gasteiger partial charge in [-0.3, -0.25) is 0 Å². The van der Waals surface area contributed by atoms with Gasteiger partial charge in [0.15, 0.2) is 9.84 Å². The summed E-state index contributed by atoms with van der Waals surface area (Å²) in [4.78, 5) is 10.5. The molecule has 1 N–H and O–H groups in total. The summed E-state index contributed by atoms with van der Waals surface area (Å²) in [5.74, 6) is -2.13. The lowest BCUT2D eigenvalue weighted by Crippen LogP contribution is -2.06. The van der Waals surface area contributed by atoms with Gasteiger partial charge in [-0.05, 0) is 24.3 Å². The van der Waals surface area contributed by atoms with Crippen LogP contribution in [0.15, 0.2) is 39.6 Å². The van der Waals surface area contributed by atoms with Gasteiger partial charge in [-0.1, -0.05) is 29.3 Å². The maximum atomic E-state index is 12.2. The Morgan fingerprint density at radius 1 is 1.15 bits per heavy atom. The first kappa shape index (κ1) is 14.9. The summed E-state index contributed by atoms with van der Waals surface area (Å²) in [6, 6.07) is 6.81. The molecule has 0 aliphatic rings. The first-order valence-corrected chi connectivity index (χ1v) is 7.71. The van der Waals surface area contributed by atoms with Gasteiger partial charge in [0.05, 0.1) is 10.0 Å². The summed E-state index contributed by atoms with van der Waals surface area (Å²) >= 11 is 11.7. The van der Waals surface area contributed by atoms with Crippen molar-refractivity contribution in [3.05, 3.63) is 51.9 Å². The summed E-state index contributed by atoms with van der Waals surface area (Å²) < 4.78 is 29.4. The molecule has 1 aromatic heterocycles. The highest BCUT2D eigenvalue weighted by atomic mass is 35.5. The molecule has 1 heterocycles. The number of halogens is 2. The molecule has 0 spiro atoms. The van der Waals surface area contributed by atoms with E-state index in [-0.39, 0.29) is 26.5 Å². The van der Waals surface area contributed by atoms with Gasteiger partial charge >= 0.3 is 5.97 Å². The second kappa shape index (κ2) is 5.47. The van der Waals surface area contributed by atoms with Crippen molar-refractivity contribution in [1.82, 2.24) is 0 Å². The summed E-state index contributed by atoms with van der Waals surface area (Å²) in [6.07, 6.45) is 0. The largest absolute Gasteiger partial charge is 0.475 e. The number of hydrogen-bond acceptors (Lipinski definition) is 4. The van der Waals surface area contributed by atoms with Crippen LogP contribution >= 0.6 is 23.2 Å². The SMILES string of the molecule is O=C(O)c1ccc(CS(=O)(=O)c2c(Cl)cccc2Cl)o1. The van der Waals surface area contributed by atoms with Crippen LogP contribution in [0.1, 0.15) is 16.3 Å². The lowest BCUT2D eigenvalue weighted by atomic mass is 10.4. The van der Waals surface area contributed by atoms with Gasteiger partial charge in [0.2, 0.25) is 5.76 Å². The lowest BCUT2D eigenvalue weighted by Gasteiger charge is -2.07. The van der Waals surface area contributed by atoms with Gasteiger partial charge in [0.1, 0.15) is 16.4 Å². The standard InChI is InChI=1S/C12H8Cl2O5S/c13-8-2-1-3-9(14)11(8)20(17,18)6-7-4-5-10(19-7)12(15)16/h1-5H,6H2,(H,15,16). The van der Waals surface area contributed by atoms with Gasteiger partial charge in [-0.25, -0.2) is 13.2 Å². The molecule has 2 aromatic rings. The molecule has 5 nitrogen and oxygen atoms in total. The molecule has 20 heavy (non-hydrogen) atoms. The molecular formula is C12H8Cl2O5S. The number of rotatable bonds is 4. The van der Waals surface area contributed by atoms with E-state index >= 15 is 0 Å². The average molecular weight is 335 g/mol. The van der Waals surface area contributed by atoms with E-state index in [0.717, 1.165) is 0 Å². The van der Waals surface area contributed by atoms with Crippen LogP contribution in [0.5, 0.6) is 0 Å². The molecule has 0 radical (unpaired) electrons. The van der Waals surface area contributed by atoms with Crippen molar-refractivity contribution < 1.29 is 22.7 Å². The number of carboxylic acids is 1. The first-order chi connectivity index (χ1) is 9.31. The minimum atomic E-state index is -3.84. The number of hydrogen-bond donors (Lipinski definition) is 1. The lowest BCUT2D eigenvalue weighted by molar-refractivity contribution is 0.0660. The number of sulfone groups is 1. The monoisotopic (exact) mass is 334 g/mol. The molecule has 0 amide bonds. The van der Waals surface area contributed by atoms with Crippen LogP contribution in [-0.2, 0) is 15.6 Å². The van der Waals surface area contributed by atoms with E-state index in [2.05, 4.69) is 0 Å². The van der Waals surface area contributed by atoms with E-state index in [1.165, 1.54) is 30.3 Å². The predicted octanol–water partition coefficient (Wildman–Crippen LogP) is 3.26. The zero-order valence-corrected chi connectivity index (χ0v) is 12.2. The van der Waals surface area contributed by atoms with Crippen molar-refractivity contribution in [1.29, 1.82) is 0 Å². The molecule has 0 saturated heterocycles. The molecule has 0 bridgehead atoms. The summed E-state index contributed by atoms with van der Waals surface area (Å²) in [6.45, 7) is 0. The Kier molecular flexibility index (Phi) is 4.08. The highest BCUT2D eigenvalue weighted by Crippen LogP contribution is 2.31. The highest BCUT2D eigenvalue weighted by Gasteiger charge is 2.24. The summed E-state index contributed by atoms with van der Waals surface area (Å²) in [7, 11) is -3.84. The van der Waals surface area contributed by atoms with Crippen LogP contribution in [0.3, 0.4) is 0 Å². The van der Waals surface area contributed by atoms with E-state index in [0.29, 0.717) is 0 Å². The molecule has 1 aromatic carbocycles. The molecule has 2 rings (SSSR count). The molecule has 8 heteroatoms. The second-order valence-corrected chi connectivity index (χ2v) is 6.62. The van der Waals surface area contributed by atoms with Crippen LogP contribution in [0.4, 0.5) is 0 Å². The summed E-state index contributed by atoms with van der Waals surface area (Å²) in [5, 5.41) is 8.72. The predicted molar refractivity (Wildman–Crippen MR) is 73.0 cm³/mol. The van der Waals surface area contributed by atoms with Gasteiger partial charge in [-0.15, -0.1) is 0 Å². The van der Waals surface area contributed by atoms with Gasteiger partial charge in [0, 0.05) is 0 Å². The Morgan fingerprint density at radius 3 is 2.25 bits per heavy atom. The third kappa shape index (κ3) is 2.98. The van der Waals surface area contributed by atoms with Gasteiger partial charge in [-0.2, -0.15) is 0 Å². The van der Waals surface area contributed by atoms with Gasteiger partial charge in [0.25, 0.3) is 0 Å². The number of carboxylic acid groups (broad SMARTS) is 1. The first-order valence-electron chi connectivity index (χ1n) is 5.30. The quantitative estimate of drug-likeness (QED) is 0.927. The Bertz CT molecular complexity index is 744. The second-order valence-electron chi connectivity index (χ2n) is 3.88. The number of benzene rings is 1. The Balaban J connectivity index is 2.38. The Hall–Kier alpha value is -1.50. The van der Waals surface area contributed by atoms with Crippen molar-refractivity contribution >= 4 is 39.0 Å². The maximum Gasteiger partial charge on any atom is 0.371 e. The van der Waals surface area contributed by atoms with Crippen molar-refractivity contribution in [2.24, 2.45) is 0 Å². The smallest absolute Gasteiger partial charge is 0.371 e. The van der Waals surface area contributed by atoms with Crippen LogP contribution < -0.4 is 0 Å². The fraction of sp³-hybridized carbons (Fsp3) is 0.0833. The Labute approximate surface area is 124 Å². The molecule has 0 aliphatic carbocycles. The van der Waals surface area contributed by atoms with Crippen molar-refractivity contribution in [3.63, 3.8) is 0 Å². The third-order valence-electron chi connectivity index (χ3n) is 2.43. The molecule has 0 saturated carbocycles. The van der Waals surface area contributed by atoms with Gasteiger partial charge < -0.3 is 9.52 Å². The van der Waals surface area contributed by atoms with Crippen molar-refractivity contribution in [2.45, 2.75) is 10.6 Å². The maximum absolute atomic E-state index is 12.2. The zero-order chi connectivity index (χ0) is 14.9. The number of aromatic carboxylic acids is 1. The van der Waals surface area contributed by atoms with Crippen LogP contribution in [0.2, 0.25) is 10.0 Å². The number of carbonyl (C=O) groups is 1. The molecular weight excluding hydrogens is 327 g/mol. The zero-order valence-electron chi connectivity index (χ0n) is 9.84. The van der Waals surface area contributed by atoms with E-state index in [1.807, 2.05) is 0 Å². The molecule has 0 aliphatic heterocycles. The van der Waals surface area contributed by atoms with Crippen molar-refractivity contribution in [3.8, 4) is 0 Å². The normalized spacial score (nSPS) is 11.5. The van der Waals surface area contributed by atoms with Crippen LogP contribution in [0.25, 0.3) is 0 Å². The topological polar surface area (TPSA) is 84.6 Å². The molecule has 0 fully saturated rings.